The van der Waals surface area contributed by atoms with Crippen LogP contribution in [0.15, 0.2) is 90.0 Å². The molecule has 2 amide bonds. The molecule has 0 aliphatic heterocycles. The molecule has 3 aromatic rings. The summed E-state index contributed by atoms with van der Waals surface area (Å²) >= 11 is 0. The van der Waals surface area contributed by atoms with Gasteiger partial charge in [0.1, 0.15) is 0 Å². The monoisotopic (exact) mass is 430 g/mol. The maximum Gasteiger partial charge on any atom is 0.270 e. The Morgan fingerprint density at radius 3 is 2.06 bits per heavy atom. The Bertz CT molecular complexity index is 1090. The van der Waals surface area contributed by atoms with Gasteiger partial charge in [-0.05, 0) is 31.2 Å². The van der Waals surface area contributed by atoms with E-state index in [1.165, 1.54) is 12.1 Å². The number of hydrogen-bond acceptors (Lipinski definition) is 5. The minimum Gasteiger partial charge on any atom is -0.281 e. The fraction of sp³-hybridized carbons (Fsp3) is 0.125. The minimum absolute atomic E-state index is 0.0129. The maximum atomic E-state index is 13.0. The molecular formula is C24H22N4O4. The third kappa shape index (κ3) is 5.85. The van der Waals surface area contributed by atoms with Crippen LogP contribution in [-0.2, 0) is 9.59 Å². The molecule has 0 heterocycles. The number of carbonyl (C=O) groups excluding carboxylic acids is 2. The molecule has 0 radical (unpaired) electrons. The van der Waals surface area contributed by atoms with Crippen molar-refractivity contribution >= 4 is 34.6 Å². The lowest BCUT2D eigenvalue weighted by Crippen LogP contribution is -2.28. The van der Waals surface area contributed by atoms with Crippen molar-refractivity contribution in [1.82, 2.24) is 5.43 Å². The van der Waals surface area contributed by atoms with Crippen molar-refractivity contribution in [1.29, 1.82) is 0 Å². The third-order valence-corrected chi connectivity index (χ3v) is 4.67. The number of nitro benzene ring substituents is 1. The molecule has 3 rings (SSSR count). The topological polar surface area (TPSA) is 105 Å². The summed E-state index contributed by atoms with van der Waals surface area (Å²) in [4.78, 5) is 37.2. The van der Waals surface area contributed by atoms with Crippen LogP contribution in [0.2, 0.25) is 0 Å². The molecule has 3 aromatic carbocycles. The number of para-hydroxylation sites is 2. The standard InChI is InChI=1S/C24H22N4O4/c1-18(19-9-8-14-22(17-19)28(31)32)25-26-23(29)15-16-24(30)27(20-10-4-2-5-11-20)21-12-6-3-7-13-21/h2-14,17H,15-16H2,1H3,(H,26,29)/b25-18+. The number of hydrazone groups is 1. The van der Waals surface area contributed by atoms with E-state index >= 15 is 0 Å². The molecule has 0 spiro atoms. The van der Waals surface area contributed by atoms with Gasteiger partial charge >= 0.3 is 0 Å². The minimum atomic E-state index is -0.494. The van der Waals surface area contributed by atoms with Gasteiger partial charge in [0, 0.05) is 41.9 Å². The van der Waals surface area contributed by atoms with Crippen molar-refractivity contribution in [3.8, 4) is 0 Å². The van der Waals surface area contributed by atoms with Crippen molar-refractivity contribution in [3.05, 3.63) is 101 Å². The lowest BCUT2D eigenvalue weighted by molar-refractivity contribution is -0.384. The van der Waals surface area contributed by atoms with Gasteiger partial charge in [0.15, 0.2) is 0 Å². The van der Waals surface area contributed by atoms with E-state index in [2.05, 4.69) is 10.5 Å². The molecule has 8 heteroatoms. The van der Waals surface area contributed by atoms with Crippen molar-refractivity contribution in [2.75, 3.05) is 4.90 Å². The van der Waals surface area contributed by atoms with Gasteiger partial charge in [-0.1, -0.05) is 48.5 Å². The van der Waals surface area contributed by atoms with E-state index in [1.54, 1.807) is 24.0 Å². The first-order chi connectivity index (χ1) is 15.5. The van der Waals surface area contributed by atoms with Crippen LogP contribution in [-0.4, -0.2) is 22.4 Å². The first-order valence-electron chi connectivity index (χ1n) is 9.96. The highest BCUT2D eigenvalue weighted by atomic mass is 16.6. The molecule has 8 nitrogen and oxygen atoms in total. The molecule has 162 valence electrons. The second kappa shape index (κ2) is 10.6. The summed E-state index contributed by atoms with van der Waals surface area (Å²) < 4.78 is 0. The molecule has 0 aliphatic rings. The van der Waals surface area contributed by atoms with Crippen molar-refractivity contribution in [2.24, 2.45) is 5.10 Å². The highest BCUT2D eigenvalue weighted by Crippen LogP contribution is 2.26. The number of nitrogens with one attached hydrogen (secondary N) is 1. The summed E-state index contributed by atoms with van der Waals surface area (Å²) in [5.74, 6) is -0.652. The third-order valence-electron chi connectivity index (χ3n) is 4.67. The number of nitrogens with zero attached hydrogens (tertiary/aromatic N) is 3. The van der Waals surface area contributed by atoms with Crippen LogP contribution in [0.5, 0.6) is 0 Å². The molecular weight excluding hydrogens is 408 g/mol. The molecule has 0 aliphatic carbocycles. The number of carbonyl (C=O) groups is 2. The highest BCUT2D eigenvalue weighted by Gasteiger charge is 2.18. The Morgan fingerprint density at radius 1 is 0.906 bits per heavy atom. The van der Waals surface area contributed by atoms with Crippen LogP contribution in [0.25, 0.3) is 0 Å². The first-order valence-corrected chi connectivity index (χ1v) is 9.96. The normalized spacial score (nSPS) is 11.0. The van der Waals surface area contributed by atoms with Crippen LogP contribution in [0.3, 0.4) is 0 Å². The maximum absolute atomic E-state index is 13.0. The van der Waals surface area contributed by atoms with Gasteiger partial charge in [-0.15, -0.1) is 0 Å². The molecule has 32 heavy (non-hydrogen) atoms. The number of amides is 2. The smallest absolute Gasteiger partial charge is 0.270 e. The number of nitro groups is 1. The second-order valence-electron chi connectivity index (χ2n) is 6.94. The lowest BCUT2D eigenvalue weighted by atomic mass is 10.1. The molecule has 0 unspecified atom stereocenters. The molecule has 0 atom stereocenters. The Hall–Kier alpha value is -4.33. The fourth-order valence-electron chi connectivity index (χ4n) is 3.03. The second-order valence-corrected chi connectivity index (χ2v) is 6.94. The zero-order valence-electron chi connectivity index (χ0n) is 17.5. The van der Waals surface area contributed by atoms with Gasteiger partial charge in [0.05, 0.1) is 10.6 Å². The van der Waals surface area contributed by atoms with Gasteiger partial charge in [0.25, 0.3) is 5.69 Å². The molecule has 0 aromatic heterocycles. The number of non-ortho nitro benzene ring substituents is 1. The number of benzene rings is 3. The van der Waals surface area contributed by atoms with Gasteiger partial charge in [-0.2, -0.15) is 5.10 Å². The number of hydrogen-bond donors (Lipinski definition) is 1. The average molecular weight is 430 g/mol. The predicted molar refractivity (Wildman–Crippen MR) is 123 cm³/mol. The van der Waals surface area contributed by atoms with Crippen molar-refractivity contribution in [2.45, 2.75) is 19.8 Å². The Balaban J connectivity index is 1.64. The largest absolute Gasteiger partial charge is 0.281 e. The summed E-state index contributed by atoms with van der Waals surface area (Å²) in [7, 11) is 0. The quantitative estimate of drug-likeness (QED) is 0.321. The van der Waals surface area contributed by atoms with Gasteiger partial charge in [-0.3, -0.25) is 24.6 Å². The first kappa shape index (κ1) is 22.4. The Labute approximate surface area is 185 Å². The summed E-state index contributed by atoms with van der Waals surface area (Å²) in [5, 5.41) is 14.9. The molecule has 0 saturated heterocycles. The zero-order chi connectivity index (χ0) is 22.9. The predicted octanol–water partition coefficient (Wildman–Crippen LogP) is 4.58. The average Bonchev–Trinajstić information content (AvgIpc) is 2.82. The van der Waals surface area contributed by atoms with Crippen LogP contribution >= 0.6 is 0 Å². The van der Waals surface area contributed by atoms with E-state index in [0.29, 0.717) is 22.6 Å². The van der Waals surface area contributed by atoms with Crippen LogP contribution in [0.1, 0.15) is 25.3 Å². The van der Waals surface area contributed by atoms with E-state index in [4.69, 9.17) is 0 Å². The van der Waals surface area contributed by atoms with Gasteiger partial charge < -0.3 is 0 Å². The van der Waals surface area contributed by atoms with E-state index < -0.39 is 10.8 Å². The Kier molecular flexibility index (Phi) is 7.42. The number of anilines is 2. The number of rotatable bonds is 8. The van der Waals surface area contributed by atoms with Crippen LogP contribution in [0.4, 0.5) is 17.1 Å². The van der Waals surface area contributed by atoms with E-state index in [9.17, 15) is 19.7 Å². The van der Waals surface area contributed by atoms with E-state index in [-0.39, 0.29) is 24.4 Å². The van der Waals surface area contributed by atoms with Gasteiger partial charge in [0.2, 0.25) is 11.8 Å². The molecule has 0 fully saturated rings. The Morgan fingerprint density at radius 2 is 1.50 bits per heavy atom. The highest BCUT2D eigenvalue weighted by molar-refractivity contribution is 6.02. The SMILES string of the molecule is C/C(=N\NC(=O)CCC(=O)N(c1ccccc1)c1ccccc1)c1cccc([N+](=O)[O-])c1. The van der Waals surface area contributed by atoms with Gasteiger partial charge in [-0.25, -0.2) is 5.43 Å². The summed E-state index contributed by atoms with van der Waals surface area (Å²) in [5.41, 5.74) is 4.72. The van der Waals surface area contributed by atoms with Crippen LogP contribution < -0.4 is 10.3 Å². The molecule has 0 saturated carbocycles. The van der Waals surface area contributed by atoms with E-state index in [1.807, 2.05) is 60.7 Å². The van der Waals surface area contributed by atoms with E-state index in [0.717, 1.165) is 0 Å². The van der Waals surface area contributed by atoms with Crippen LogP contribution in [0, 0.1) is 10.1 Å². The fourth-order valence-corrected chi connectivity index (χ4v) is 3.03. The zero-order valence-corrected chi connectivity index (χ0v) is 17.5. The summed E-state index contributed by atoms with van der Waals surface area (Å²) in [6.45, 7) is 1.64. The molecule has 1 N–H and O–H groups in total. The van der Waals surface area contributed by atoms with Crippen molar-refractivity contribution < 1.29 is 14.5 Å². The summed E-state index contributed by atoms with van der Waals surface area (Å²) in [6.07, 6.45) is -0.0677. The van der Waals surface area contributed by atoms with Crippen molar-refractivity contribution in [3.63, 3.8) is 0 Å². The lowest BCUT2D eigenvalue weighted by Gasteiger charge is -2.23. The molecule has 0 bridgehead atoms. The summed E-state index contributed by atoms with van der Waals surface area (Å²) in [6, 6.07) is 24.4.